The molecular formula is C21H24N2O4. The predicted octanol–water partition coefficient (Wildman–Crippen LogP) is 2.73. The summed E-state index contributed by atoms with van der Waals surface area (Å²) in [4.78, 5) is 40.4. The van der Waals surface area contributed by atoms with Gasteiger partial charge in [-0.3, -0.25) is 19.3 Å². The SMILES string of the molecule is O=C(CCCN1C(=O)c2cccc(O)c2C1=O)N1CCC2CCCC=C2C1. The molecule has 1 saturated heterocycles. The normalized spacial score (nSPS) is 21.8. The van der Waals surface area contributed by atoms with Crippen LogP contribution in [0.2, 0.25) is 0 Å². The molecule has 0 radical (unpaired) electrons. The second kappa shape index (κ2) is 7.18. The first-order valence-electron chi connectivity index (χ1n) is 9.71. The van der Waals surface area contributed by atoms with E-state index in [1.807, 2.05) is 4.90 Å². The van der Waals surface area contributed by atoms with Crippen molar-refractivity contribution < 1.29 is 19.5 Å². The molecule has 1 fully saturated rings. The lowest BCUT2D eigenvalue weighted by Gasteiger charge is -2.36. The molecule has 1 N–H and O–H groups in total. The van der Waals surface area contributed by atoms with Crippen molar-refractivity contribution in [3.05, 3.63) is 41.0 Å². The number of likely N-dealkylation sites (tertiary alicyclic amines) is 1. The molecule has 0 spiro atoms. The Morgan fingerprint density at radius 1 is 1.19 bits per heavy atom. The van der Waals surface area contributed by atoms with Gasteiger partial charge in [0.05, 0.1) is 11.1 Å². The van der Waals surface area contributed by atoms with Gasteiger partial charge in [-0.25, -0.2) is 0 Å². The number of carbonyl (C=O) groups is 3. The van der Waals surface area contributed by atoms with Gasteiger partial charge in [0.2, 0.25) is 5.91 Å². The Kier molecular flexibility index (Phi) is 4.72. The lowest BCUT2D eigenvalue weighted by molar-refractivity contribution is -0.131. The summed E-state index contributed by atoms with van der Waals surface area (Å²) < 4.78 is 0. The maximum atomic E-state index is 12.6. The van der Waals surface area contributed by atoms with Gasteiger partial charge in [-0.15, -0.1) is 0 Å². The fraction of sp³-hybridized carbons (Fsp3) is 0.476. The Bertz CT molecular complexity index is 829. The molecule has 27 heavy (non-hydrogen) atoms. The van der Waals surface area contributed by atoms with Crippen LogP contribution in [0.5, 0.6) is 5.75 Å². The summed E-state index contributed by atoms with van der Waals surface area (Å²) in [5.41, 5.74) is 1.70. The van der Waals surface area contributed by atoms with Crippen molar-refractivity contribution in [2.24, 2.45) is 5.92 Å². The summed E-state index contributed by atoms with van der Waals surface area (Å²) in [5.74, 6) is -0.318. The van der Waals surface area contributed by atoms with E-state index in [9.17, 15) is 19.5 Å². The number of imide groups is 1. The lowest BCUT2D eigenvalue weighted by Crippen LogP contribution is -2.41. The van der Waals surface area contributed by atoms with Gasteiger partial charge in [-0.2, -0.15) is 0 Å². The number of piperidine rings is 1. The average molecular weight is 368 g/mol. The van der Waals surface area contributed by atoms with Crippen LogP contribution in [0.1, 0.15) is 59.2 Å². The number of hydrogen-bond donors (Lipinski definition) is 1. The van der Waals surface area contributed by atoms with Gasteiger partial charge in [-0.1, -0.05) is 17.7 Å². The molecule has 2 heterocycles. The fourth-order valence-corrected chi connectivity index (χ4v) is 4.42. The zero-order valence-corrected chi connectivity index (χ0v) is 15.3. The molecule has 2 aliphatic heterocycles. The van der Waals surface area contributed by atoms with Gasteiger partial charge >= 0.3 is 0 Å². The number of carbonyl (C=O) groups excluding carboxylic acids is 3. The van der Waals surface area contributed by atoms with Crippen LogP contribution >= 0.6 is 0 Å². The van der Waals surface area contributed by atoms with Crippen molar-refractivity contribution in [3.8, 4) is 5.75 Å². The van der Waals surface area contributed by atoms with Gasteiger partial charge in [0.15, 0.2) is 0 Å². The number of phenols is 1. The summed E-state index contributed by atoms with van der Waals surface area (Å²) in [5, 5.41) is 9.85. The summed E-state index contributed by atoms with van der Waals surface area (Å²) in [6.45, 7) is 1.71. The minimum atomic E-state index is -0.478. The monoisotopic (exact) mass is 368 g/mol. The van der Waals surface area contributed by atoms with Gasteiger partial charge in [-0.05, 0) is 50.2 Å². The topological polar surface area (TPSA) is 77.9 Å². The third-order valence-electron chi connectivity index (χ3n) is 5.91. The van der Waals surface area contributed by atoms with E-state index in [0.29, 0.717) is 18.8 Å². The predicted molar refractivity (Wildman–Crippen MR) is 99.3 cm³/mol. The third kappa shape index (κ3) is 3.24. The fourth-order valence-electron chi connectivity index (χ4n) is 4.42. The largest absolute Gasteiger partial charge is 0.507 e. The first-order chi connectivity index (χ1) is 13.1. The van der Waals surface area contributed by atoms with Gasteiger partial charge in [0.1, 0.15) is 5.75 Å². The number of aromatic hydroxyl groups is 1. The van der Waals surface area contributed by atoms with E-state index in [4.69, 9.17) is 0 Å². The number of hydrogen-bond acceptors (Lipinski definition) is 4. The Labute approximate surface area is 158 Å². The zero-order chi connectivity index (χ0) is 19.0. The minimum Gasteiger partial charge on any atom is -0.507 e. The highest BCUT2D eigenvalue weighted by atomic mass is 16.3. The Hall–Kier alpha value is -2.63. The van der Waals surface area contributed by atoms with E-state index in [1.54, 1.807) is 12.1 Å². The maximum Gasteiger partial charge on any atom is 0.265 e. The standard InChI is InChI=1S/C21H24N2O4/c24-17-8-3-7-16-19(17)21(27)23(20(16)26)11-4-9-18(25)22-12-10-14-5-1-2-6-15(14)13-22/h3,6-8,14,24H,1-2,4-5,9-13H2. The maximum absolute atomic E-state index is 12.6. The number of nitrogens with zero attached hydrogens (tertiary/aromatic N) is 2. The Balaban J connectivity index is 1.32. The smallest absolute Gasteiger partial charge is 0.265 e. The number of amides is 3. The quantitative estimate of drug-likeness (QED) is 0.655. The lowest BCUT2D eigenvalue weighted by atomic mass is 9.82. The van der Waals surface area contributed by atoms with Gasteiger partial charge in [0, 0.05) is 26.1 Å². The summed E-state index contributed by atoms with van der Waals surface area (Å²) in [6.07, 6.45) is 7.67. The van der Waals surface area contributed by atoms with Crippen LogP contribution in [0.4, 0.5) is 0 Å². The van der Waals surface area contributed by atoms with E-state index in [1.165, 1.54) is 24.5 Å². The highest BCUT2D eigenvalue weighted by molar-refractivity contribution is 6.22. The number of allylic oxidation sites excluding steroid dienone is 1. The zero-order valence-electron chi connectivity index (χ0n) is 15.3. The van der Waals surface area contributed by atoms with E-state index in [2.05, 4.69) is 6.08 Å². The number of phenolic OH excluding ortho intramolecular Hbond substituents is 1. The second-order valence-electron chi connectivity index (χ2n) is 7.58. The molecule has 6 nitrogen and oxygen atoms in total. The van der Waals surface area contributed by atoms with Crippen LogP contribution in [-0.4, -0.2) is 52.3 Å². The molecule has 1 aromatic carbocycles. The highest BCUT2D eigenvalue weighted by Gasteiger charge is 2.37. The van der Waals surface area contributed by atoms with Crippen LogP contribution in [0, 0.1) is 5.92 Å². The van der Waals surface area contributed by atoms with Crippen LogP contribution in [-0.2, 0) is 4.79 Å². The Morgan fingerprint density at radius 3 is 2.85 bits per heavy atom. The number of benzene rings is 1. The molecule has 4 rings (SSSR count). The minimum absolute atomic E-state index is 0.0696. The van der Waals surface area contributed by atoms with Crippen LogP contribution in [0.15, 0.2) is 29.8 Å². The molecule has 0 saturated carbocycles. The Morgan fingerprint density at radius 2 is 2.04 bits per heavy atom. The first kappa shape index (κ1) is 17.8. The molecule has 3 aliphatic rings. The number of fused-ring (bicyclic) bond motifs is 2. The van der Waals surface area contributed by atoms with Crippen molar-refractivity contribution in [2.75, 3.05) is 19.6 Å². The van der Waals surface area contributed by atoms with Crippen LogP contribution in [0.25, 0.3) is 0 Å². The molecule has 6 heteroatoms. The van der Waals surface area contributed by atoms with Crippen molar-refractivity contribution in [3.63, 3.8) is 0 Å². The van der Waals surface area contributed by atoms with Crippen LogP contribution in [0.3, 0.4) is 0 Å². The van der Waals surface area contributed by atoms with Crippen molar-refractivity contribution in [1.82, 2.24) is 9.80 Å². The molecule has 0 aromatic heterocycles. The molecular weight excluding hydrogens is 344 g/mol. The third-order valence-corrected chi connectivity index (χ3v) is 5.91. The summed E-state index contributed by atoms with van der Waals surface area (Å²) in [6, 6.07) is 4.50. The first-order valence-corrected chi connectivity index (χ1v) is 9.71. The molecule has 3 amide bonds. The van der Waals surface area contributed by atoms with Gasteiger partial charge < -0.3 is 10.0 Å². The molecule has 1 unspecified atom stereocenters. The summed E-state index contributed by atoms with van der Waals surface area (Å²) >= 11 is 0. The van der Waals surface area contributed by atoms with E-state index in [0.717, 1.165) is 30.8 Å². The van der Waals surface area contributed by atoms with E-state index in [-0.39, 0.29) is 29.3 Å². The summed E-state index contributed by atoms with van der Waals surface area (Å²) in [7, 11) is 0. The van der Waals surface area contributed by atoms with Gasteiger partial charge in [0.25, 0.3) is 11.8 Å². The molecule has 1 atom stereocenters. The second-order valence-corrected chi connectivity index (χ2v) is 7.58. The molecule has 1 aromatic rings. The molecule has 0 bridgehead atoms. The van der Waals surface area contributed by atoms with Crippen molar-refractivity contribution in [1.29, 1.82) is 0 Å². The highest BCUT2D eigenvalue weighted by Crippen LogP contribution is 2.32. The van der Waals surface area contributed by atoms with E-state index >= 15 is 0 Å². The molecule has 1 aliphatic carbocycles. The van der Waals surface area contributed by atoms with E-state index < -0.39 is 11.8 Å². The number of rotatable bonds is 4. The molecule has 142 valence electrons. The van der Waals surface area contributed by atoms with Crippen molar-refractivity contribution >= 4 is 17.7 Å². The van der Waals surface area contributed by atoms with Crippen LogP contribution < -0.4 is 0 Å². The van der Waals surface area contributed by atoms with Crippen molar-refractivity contribution in [2.45, 2.75) is 38.5 Å². The average Bonchev–Trinajstić information content (AvgIpc) is 2.93.